The van der Waals surface area contributed by atoms with E-state index in [1.165, 1.54) is 5.56 Å². The predicted octanol–water partition coefficient (Wildman–Crippen LogP) is 2.81. The number of fused-ring (bicyclic) bond motifs is 1. The van der Waals surface area contributed by atoms with Gasteiger partial charge in [0.15, 0.2) is 11.5 Å². The van der Waals surface area contributed by atoms with E-state index in [-0.39, 0.29) is 5.91 Å². The second kappa shape index (κ2) is 7.79. The summed E-state index contributed by atoms with van der Waals surface area (Å²) in [5.74, 6) is 1.47. The Morgan fingerprint density at radius 1 is 0.885 bits per heavy atom. The van der Waals surface area contributed by atoms with Crippen LogP contribution in [0, 0.1) is 0 Å². The lowest BCUT2D eigenvalue weighted by Crippen LogP contribution is -2.48. The van der Waals surface area contributed by atoms with Crippen LogP contribution in [0.25, 0.3) is 0 Å². The molecule has 2 heterocycles. The fourth-order valence-corrected chi connectivity index (χ4v) is 3.43. The van der Waals surface area contributed by atoms with Crippen LogP contribution in [-0.2, 0) is 6.54 Å². The lowest BCUT2D eigenvalue weighted by Gasteiger charge is -2.34. The van der Waals surface area contributed by atoms with Gasteiger partial charge >= 0.3 is 0 Å². The van der Waals surface area contributed by atoms with Gasteiger partial charge in [0.2, 0.25) is 0 Å². The van der Waals surface area contributed by atoms with Crippen molar-refractivity contribution >= 4 is 5.91 Å². The number of nitrogens with zero attached hydrogens (tertiary/aromatic N) is 2. The minimum absolute atomic E-state index is 0.0695. The molecule has 1 saturated heterocycles. The van der Waals surface area contributed by atoms with Gasteiger partial charge in [0.05, 0.1) is 13.2 Å². The third kappa shape index (κ3) is 3.83. The molecule has 1 amide bonds. The quantitative estimate of drug-likeness (QED) is 0.852. The lowest BCUT2D eigenvalue weighted by molar-refractivity contribution is 0.0628. The summed E-state index contributed by atoms with van der Waals surface area (Å²) in [5.41, 5.74) is 1.99. The third-order valence-corrected chi connectivity index (χ3v) is 4.90. The molecule has 1 fully saturated rings. The average molecular weight is 352 g/mol. The number of hydrogen-bond acceptors (Lipinski definition) is 4. The fraction of sp³-hybridized carbons (Fsp3) is 0.381. The smallest absolute Gasteiger partial charge is 0.254 e. The topological polar surface area (TPSA) is 42.0 Å². The van der Waals surface area contributed by atoms with E-state index >= 15 is 0 Å². The maximum absolute atomic E-state index is 12.8. The molecule has 4 rings (SSSR count). The van der Waals surface area contributed by atoms with Gasteiger partial charge in [0.1, 0.15) is 0 Å². The van der Waals surface area contributed by atoms with Crippen molar-refractivity contribution in [2.75, 3.05) is 39.4 Å². The van der Waals surface area contributed by atoms with Crippen molar-refractivity contribution in [3.05, 3.63) is 59.7 Å². The summed E-state index contributed by atoms with van der Waals surface area (Å²) in [6.07, 6.45) is 0.862. The van der Waals surface area contributed by atoms with Crippen LogP contribution >= 0.6 is 0 Å². The molecule has 0 bridgehead atoms. The number of carbonyl (C=O) groups is 1. The van der Waals surface area contributed by atoms with Crippen LogP contribution in [0.5, 0.6) is 11.5 Å². The van der Waals surface area contributed by atoms with Crippen molar-refractivity contribution in [3.8, 4) is 11.5 Å². The van der Waals surface area contributed by atoms with E-state index < -0.39 is 0 Å². The monoisotopic (exact) mass is 352 g/mol. The summed E-state index contributed by atoms with van der Waals surface area (Å²) < 4.78 is 11.3. The summed E-state index contributed by atoms with van der Waals surface area (Å²) >= 11 is 0. The van der Waals surface area contributed by atoms with Crippen molar-refractivity contribution < 1.29 is 14.3 Å². The molecule has 0 aliphatic carbocycles. The maximum Gasteiger partial charge on any atom is 0.254 e. The van der Waals surface area contributed by atoms with Crippen LogP contribution in [0.1, 0.15) is 22.3 Å². The Morgan fingerprint density at radius 3 is 2.38 bits per heavy atom. The minimum atomic E-state index is 0.0695. The molecule has 0 saturated carbocycles. The van der Waals surface area contributed by atoms with Crippen molar-refractivity contribution in [3.63, 3.8) is 0 Å². The minimum Gasteiger partial charge on any atom is -0.490 e. The van der Waals surface area contributed by atoms with Gasteiger partial charge in [-0.15, -0.1) is 0 Å². The van der Waals surface area contributed by atoms with Crippen LogP contribution in [0.3, 0.4) is 0 Å². The van der Waals surface area contributed by atoms with Crippen LogP contribution in [0.2, 0.25) is 0 Å². The zero-order chi connectivity index (χ0) is 17.8. The fourth-order valence-electron chi connectivity index (χ4n) is 3.43. The third-order valence-electron chi connectivity index (χ3n) is 4.90. The van der Waals surface area contributed by atoms with Gasteiger partial charge in [0.25, 0.3) is 5.91 Å². The number of ether oxygens (including phenoxy) is 2. The Morgan fingerprint density at radius 2 is 1.62 bits per heavy atom. The lowest BCUT2D eigenvalue weighted by atomic mass is 10.1. The van der Waals surface area contributed by atoms with E-state index in [4.69, 9.17) is 9.47 Å². The molecule has 5 heteroatoms. The molecule has 2 aromatic carbocycles. The number of benzene rings is 2. The molecule has 2 aliphatic rings. The second-order valence-electron chi connectivity index (χ2n) is 6.77. The molecule has 0 aromatic heterocycles. The molecule has 136 valence electrons. The van der Waals surface area contributed by atoms with Crippen molar-refractivity contribution in [1.29, 1.82) is 0 Å². The Balaban J connectivity index is 1.37. The predicted molar refractivity (Wildman–Crippen MR) is 99.7 cm³/mol. The van der Waals surface area contributed by atoms with E-state index in [0.717, 1.165) is 44.9 Å². The normalized spacial score (nSPS) is 17.6. The van der Waals surface area contributed by atoms with E-state index in [9.17, 15) is 4.79 Å². The molecule has 2 aromatic rings. The second-order valence-corrected chi connectivity index (χ2v) is 6.77. The Bertz CT molecular complexity index is 755. The number of hydrogen-bond donors (Lipinski definition) is 0. The molecular weight excluding hydrogens is 328 g/mol. The van der Waals surface area contributed by atoms with Gasteiger partial charge in [-0.25, -0.2) is 0 Å². The summed E-state index contributed by atoms with van der Waals surface area (Å²) in [6.45, 7) is 5.51. The molecule has 0 unspecified atom stereocenters. The van der Waals surface area contributed by atoms with Gasteiger partial charge in [0, 0.05) is 44.7 Å². The maximum atomic E-state index is 12.8. The van der Waals surface area contributed by atoms with E-state index in [0.29, 0.717) is 24.5 Å². The molecule has 0 spiro atoms. The van der Waals surface area contributed by atoms with Crippen molar-refractivity contribution in [1.82, 2.24) is 9.80 Å². The first-order valence-electron chi connectivity index (χ1n) is 9.25. The van der Waals surface area contributed by atoms with E-state index in [1.807, 2.05) is 29.2 Å². The van der Waals surface area contributed by atoms with Crippen LogP contribution < -0.4 is 9.47 Å². The number of carbonyl (C=O) groups excluding carboxylic acids is 1. The summed E-state index contributed by atoms with van der Waals surface area (Å²) in [5, 5.41) is 0. The highest BCUT2D eigenvalue weighted by atomic mass is 16.5. The van der Waals surface area contributed by atoms with Gasteiger partial charge in [-0.3, -0.25) is 9.69 Å². The Labute approximate surface area is 154 Å². The highest BCUT2D eigenvalue weighted by molar-refractivity contribution is 5.95. The first kappa shape index (κ1) is 16.9. The molecule has 26 heavy (non-hydrogen) atoms. The number of amides is 1. The molecular formula is C21H24N2O3. The first-order valence-corrected chi connectivity index (χ1v) is 9.25. The highest BCUT2D eigenvalue weighted by Crippen LogP contribution is 2.30. The zero-order valence-electron chi connectivity index (χ0n) is 14.9. The standard InChI is InChI=1S/C21H24N2O3/c24-21(18-7-8-19-20(15-18)26-14-4-13-25-19)23-11-9-22(10-12-23)16-17-5-2-1-3-6-17/h1-3,5-8,15H,4,9-14,16H2. The molecule has 0 radical (unpaired) electrons. The van der Waals surface area contributed by atoms with Crippen LogP contribution in [-0.4, -0.2) is 55.1 Å². The molecule has 5 nitrogen and oxygen atoms in total. The van der Waals surface area contributed by atoms with E-state index in [2.05, 4.69) is 29.2 Å². The highest BCUT2D eigenvalue weighted by Gasteiger charge is 2.23. The van der Waals surface area contributed by atoms with Crippen molar-refractivity contribution in [2.24, 2.45) is 0 Å². The van der Waals surface area contributed by atoms with Gasteiger partial charge in [-0.1, -0.05) is 30.3 Å². The Hall–Kier alpha value is -2.53. The van der Waals surface area contributed by atoms with Gasteiger partial charge in [-0.05, 0) is 23.8 Å². The van der Waals surface area contributed by atoms with Crippen LogP contribution in [0.4, 0.5) is 0 Å². The Kier molecular flexibility index (Phi) is 5.07. The summed E-state index contributed by atoms with van der Waals surface area (Å²) in [4.78, 5) is 17.2. The molecule has 2 aliphatic heterocycles. The average Bonchev–Trinajstić information content (AvgIpc) is 2.93. The largest absolute Gasteiger partial charge is 0.490 e. The zero-order valence-corrected chi connectivity index (χ0v) is 14.9. The van der Waals surface area contributed by atoms with Gasteiger partial charge < -0.3 is 14.4 Å². The molecule has 0 atom stereocenters. The number of piperazine rings is 1. The van der Waals surface area contributed by atoms with Gasteiger partial charge in [-0.2, -0.15) is 0 Å². The number of rotatable bonds is 3. The molecule has 0 N–H and O–H groups in total. The van der Waals surface area contributed by atoms with Crippen LogP contribution in [0.15, 0.2) is 48.5 Å². The van der Waals surface area contributed by atoms with E-state index in [1.54, 1.807) is 0 Å². The SMILES string of the molecule is O=C(c1ccc2c(c1)OCCCO2)N1CCN(Cc2ccccc2)CC1. The summed E-state index contributed by atoms with van der Waals surface area (Å²) in [7, 11) is 0. The van der Waals surface area contributed by atoms with Crippen molar-refractivity contribution in [2.45, 2.75) is 13.0 Å². The summed E-state index contributed by atoms with van der Waals surface area (Å²) in [6, 6.07) is 16.0. The first-order chi connectivity index (χ1) is 12.8.